The number of aliphatic hydroxyl groups excluding tert-OH is 1. The molecule has 2 aliphatic rings. The van der Waals surface area contributed by atoms with Crippen LogP contribution in [0.2, 0.25) is 0 Å². The van der Waals surface area contributed by atoms with Crippen molar-refractivity contribution in [3.63, 3.8) is 0 Å². The van der Waals surface area contributed by atoms with Gasteiger partial charge in [-0.3, -0.25) is 4.98 Å². The molecule has 0 unspecified atom stereocenters. The third-order valence-corrected chi connectivity index (χ3v) is 6.54. The highest BCUT2D eigenvalue weighted by Gasteiger charge is 2.41. The van der Waals surface area contributed by atoms with Crippen LogP contribution in [0.15, 0.2) is 28.9 Å². The molecule has 3 aromatic rings. The number of likely N-dealkylation sites (tertiary alicyclic amines) is 1. The van der Waals surface area contributed by atoms with Crippen molar-refractivity contribution in [1.82, 2.24) is 19.4 Å². The summed E-state index contributed by atoms with van der Waals surface area (Å²) in [5.74, 6) is 1.51. The fourth-order valence-electron chi connectivity index (χ4n) is 4.56. The number of nitrogens with zero attached hydrogens (tertiary/aromatic N) is 4. The SMILES string of the molecule is CC(C)(C)OC(=O)N1C[C@H](n2c(C3CC3)nc3cnc4ccc(Br)cc4c32)C[C@H]1CO. The molecule has 0 spiro atoms. The first kappa shape index (κ1) is 20.7. The van der Waals surface area contributed by atoms with Gasteiger partial charge < -0.3 is 19.3 Å². The molecule has 31 heavy (non-hydrogen) atoms. The fourth-order valence-corrected chi connectivity index (χ4v) is 4.92. The molecule has 7 nitrogen and oxygen atoms in total. The topological polar surface area (TPSA) is 80.5 Å². The lowest BCUT2D eigenvalue weighted by molar-refractivity contribution is 0.0173. The zero-order valence-electron chi connectivity index (χ0n) is 18.0. The highest BCUT2D eigenvalue weighted by atomic mass is 79.9. The number of ether oxygens (including phenoxy) is 1. The zero-order valence-corrected chi connectivity index (χ0v) is 19.6. The first-order chi connectivity index (χ1) is 14.7. The Balaban J connectivity index is 1.61. The first-order valence-corrected chi connectivity index (χ1v) is 11.6. The summed E-state index contributed by atoms with van der Waals surface area (Å²) in [6.07, 6.45) is 4.39. The lowest BCUT2D eigenvalue weighted by Crippen LogP contribution is -2.41. The molecule has 2 aromatic heterocycles. The predicted octanol–water partition coefficient (Wildman–Crippen LogP) is 4.77. The summed E-state index contributed by atoms with van der Waals surface area (Å²) < 4.78 is 8.92. The van der Waals surface area contributed by atoms with Crippen molar-refractivity contribution in [1.29, 1.82) is 0 Å². The minimum absolute atomic E-state index is 0.0230. The molecule has 1 aliphatic carbocycles. The molecule has 5 rings (SSSR count). The van der Waals surface area contributed by atoms with E-state index in [1.54, 1.807) is 4.90 Å². The number of rotatable bonds is 3. The minimum atomic E-state index is -0.579. The van der Waals surface area contributed by atoms with Crippen LogP contribution in [0.4, 0.5) is 4.79 Å². The molecule has 1 amide bonds. The molecule has 0 bridgehead atoms. The van der Waals surface area contributed by atoms with Gasteiger partial charge in [0.05, 0.1) is 35.9 Å². The first-order valence-electron chi connectivity index (χ1n) is 10.8. The highest BCUT2D eigenvalue weighted by molar-refractivity contribution is 9.10. The van der Waals surface area contributed by atoms with E-state index in [4.69, 9.17) is 9.72 Å². The molecular weight excluding hydrogens is 460 g/mol. The smallest absolute Gasteiger partial charge is 0.410 e. The number of aliphatic hydroxyl groups is 1. The van der Waals surface area contributed by atoms with Crippen LogP contribution >= 0.6 is 15.9 Å². The number of amides is 1. The van der Waals surface area contributed by atoms with Gasteiger partial charge in [0.15, 0.2) is 0 Å². The van der Waals surface area contributed by atoms with Gasteiger partial charge in [0.2, 0.25) is 0 Å². The van der Waals surface area contributed by atoms with Gasteiger partial charge in [0.1, 0.15) is 16.9 Å². The summed E-state index contributed by atoms with van der Waals surface area (Å²) >= 11 is 3.59. The van der Waals surface area contributed by atoms with Gasteiger partial charge in [0, 0.05) is 22.3 Å². The normalized spacial score (nSPS) is 21.9. The quantitative estimate of drug-likeness (QED) is 0.576. The minimum Gasteiger partial charge on any atom is -0.444 e. The monoisotopic (exact) mass is 486 g/mol. The van der Waals surface area contributed by atoms with Crippen molar-refractivity contribution in [3.05, 3.63) is 34.7 Å². The predicted molar refractivity (Wildman–Crippen MR) is 122 cm³/mol. The van der Waals surface area contributed by atoms with Crippen LogP contribution < -0.4 is 0 Å². The summed E-state index contributed by atoms with van der Waals surface area (Å²) in [6, 6.07) is 5.83. The Morgan fingerprint density at radius 3 is 2.74 bits per heavy atom. The summed E-state index contributed by atoms with van der Waals surface area (Å²) in [5, 5.41) is 11.1. The lowest BCUT2D eigenvalue weighted by atomic mass is 10.1. The molecule has 1 aliphatic heterocycles. The van der Waals surface area contributed by atoms with Crippen molar-refractivity contribution in [3.8, 4) is 0 Å². The van der Waals surface area contributed by atoms with E-state index in [1.807, 2.05) is 39.1 Å². The van der Waals surface area contributed by atoms with E-state index in [2.05, 4.69) is 31.5 Å². The Labute approximate surface area is 189 Å². The number of imidazole rings is 1. The van der Waals surface area contributed by atoms with E-state index in [1.165, 1.54) is 0 Å². The Morgan fingerprint density at radius 2 is 2.06 bits per heavy atom. The molecule has 3 heterocycles. The van der Waals surface area contributed by atoms with Gasteiger partial charge >= 0.3 is 6.09 Å². The Bertz CT molecular complexity index is 1170. The number of benzene rings is 1. The second-order valence-corrected chi connectivity index (χ2v) is 10.5. The maximum absolute atomic E-state index is 12.8. The van der Waals surface area contributed by atoms with Gasteiger partial charge in [-0.05, 0) is 58.2 Å². The molecule has 1 aromatic carbocycles. The van der Waals surface area contributed by atoms with Gasteiger partial charge in [-0.25, -0.2) is 9.78 Å². The third kappa shape index (κ3) is 3.80. The molecule has 0 radical (unpaired) electrons. The second-order valence-electron chi connectivity index (χ2n) is 9.63. The van der Waals surface area contributed by atoms with E-state index >= 15 is 0 Å². The van der Waals surface area contributed by atoms with Crippen molar-refractivity contribution in [2.24, 2.45) is 0 Å². The van der Waals surface area contributed by atoms with E-state index in [9.17, 15) is 9.90 Å². The number of fused-ring (bicyclic) bond motifs is 3. The van der Waals surface area contributed by atoms with Gasteiger partial charge in [0.25, 0.3) is 0 Å². The molecule has 1 saturated carbocycles. The second kappa shape index (κ2) is 7.45. The van der Waals surface area contributed by atoms with Gasteiger partial charge in [-0.1, -0.05) is 15.9 Å². The average Bonchev–Trinajstić information content (AvgIpc) is 3.33. The number of carbonyl (C=O) groups is 1. The number of hydrogen-bond donors (Lipinski definition) is 1. The van der Waals surface area contributed by atoms with Crippen LogP contribution in [0.3, 0.4) is 0 Å². The Kier molecular flexibility index (Phi) is 4.97. The van der Waals surface area contributed by atoms with Crippen LogP contribution in [-0.4, -0.2) is 55.4 Å². The van der Waals surface area contributed by atoms with Crippen molar-refractivity contribution >= 4 is 44.0 Å². The molecule has 1 N–H and O–H groups in total. The zero-order chi connectivity index (χ0) is 21.9. The number of halogens is 1. The summed E-state index contributed by atoms with van der Waals surface area (Å²) in [5.41, 5.74) is 2.27. The molecular formula is C23H27BrN4O3. The Morgan fingerprint density at radius 1 is 1.29 bits per heavy atom. The van der Waals surface area contributed by atoms with Crippen LogP contribution in [0, 0.1) is 0 Å². The molecule has 164 valence electrons. The maximum atomic E-state index is 12.8. The van der Waals surface area contributed by atoms with Crippen molar-refractivity contribution < 1.29 is 14.6 Å². The van der Waals surface area contributed by atoms with Gasteiger partial charge in [-0.2, -0.15) is 0 Å². The van der Waals surface area contributed by atoms with E-state index in [-0.39, 0.29) is 24.8 Å². The maximum Gasteiger partial charge on any atom is 0.410 e. The van der Waals surface area contributed by atoms with E-state index in [0.717, 1.165) is 45.1 Å². The van der Waals surface area contributed by atoms with Crippen LogP contribution in [0.5, 0.6) is 0 Å². The molecule has 1 saturated heterocycles. The Hall–Kier alpha value is -2.19. The van der Waals surface area contributed by atoms with Gasteiger partial charge in [-0.15, -0.1) is 0 Å². The van der Waals surface area contributed by atoms with E-state index < -0.39 is 5.60 Å². The average molecular weight is 487 g/mol. The lowest BCUT2D eigenvalue weighted by Gasteiger charge is -2.27. The van der Waals surface area contributed by atoms with Crippen LogP contribution in [0.1, 0.15) is 57.8 Å². The number of aromatic nitrogens is 3. The summed E-state index contributed by atoms with van der Waals surface area (Å²) in [7, 11) is 0. The van der Waals surface area contributed by atoms with E-state index in [0.29, 0.717) is 18.9 Å². The molecule has 2 atom stereocenters. The fraction of sp³-hybridized carbons (Fsp3) is 0.522. The highest BCUT2D eigenvalue weighted by Crippen LogP contribution is 2.44. The number of pyridine rings is 1. The molecule has 2 fully saturated rings. The summed E-state index contributed by atoms with van der Waals surface area (Å²) in [4.78, 5) is 24.1. The van der Waals surface area contributed by atoms with Crippen molar-refractivity contribution in [2.45, 2.75) is 63.6 Å². The van der Waals surface area contributed by atoms with Crippen LogP contribution in [0.25, 0.3) is 21.9 Å². The number of carbonyl (C=O) groups excluding carboxylic acids is 1. The largest absolute Gasteiger partial charge is 0.444 e. The summed E-state index contributed by atoms with van der Waals surface area (Å²) in [6.45, 7) is 5.98. The molecule has 8 heteroatoms. The standard InChI is InChI=1S/C23H27BrN4O3/c1-23(2,3)31-22(30)27-11-15(9-16(27)12-29)28-20-17-8-14(24)6-7-18(17)25-10-19(20)26-21(28)13-4-5-13/h6-8,10,13,15-16,29H,4-5,9,11-12H2,1-3H3/t15-,16+/m1/s1. The van der Waals surface area contributed by atoms with Crippen molar-refractivity contribution in [2.75, 3.05) is 13.2 Å². The van der Waals surface area contributed by atoms with Crippen LogP contribution in [-0.2, 0) is 4.74 Å². The third-order valence-electron chi connectivity index (χ3n) is 6.04. The number of hydrogen-bond acceptors (Lipinski definition) is 5.